The van der Waals surface area contributed by atoms with Crippen molar-refractivity contribution >= 4 is 5.69 Å². The van der Waals surface area contributed by atoms with Crippen molar-refractivity contribution in [1.29, 1.82) is 0 Å². The summed E-state index contributed by atoms with van der Waals surface area (Å²) in [4.78, 5) is 2.31. The molecule has 0 aliphatic carbocycles. The van der Waals surface area contributed by atoms with Gasteiger partial charge in [0.2, 0.25) is 0 Å². The van der Waals surface area contributed by atoms with Gasteiger partial charge in [-0.1, -0.05) is 0 Å². The lowest BCUT2D eigenvalue weighted by molar-refractivity contribution is 0.353. The summed E-state index contributed by atoms with van der Waals surface area (Å²) in [6.07, 6.45) is 0. The Morgan fingerprint density at radius 2 is 2.12 bits per heavy atom. The normalized spacial score (nSPS) is 19.9. The summed E-state index contributed by atoms with van der Waals surface area (Å²) < 4.78 is 13.2. The highest BCUT2D eigenvalue weighted by Crippen LogP contribution is 2.22. The maximum absolute atomic E-state index is 13.2. The van der Waals surface area contributed by atoms with Gasteiger partial charge in [-0.05, 0) is 44.5 Å². The molecule has 2 nitrogen and oxygen atoms in total. The van der Waals surface area contributed by atoms with Crippen LogP contribution >= 0.6 is 0 Å². The van der Waals surface area contributed by atoms with Crippen LogP contribution < -0.4 is 10.2 Å². The predicted molar refractivity (Wildman–Crippen MR) is 65.4 cm³/mol. The molecule has 2 rings (SSSR count). The van der Waals surface area contributed by atoms with Crippen LogP contribution in [-0.4, -0.2) is 25.2 Å². The molecule has 0 atom stereocenters. The van der Waals surface area contributed by atoms with Gasteiger partial charge in [0.25, 0.3) is 0 Å². The zero-order valence-corrected chi connectivity index (χ0v) is 10.2. The van der Waals surface area contributed by atoms with E-state index in [1.165, 1.54) is 0 Å². The standard InChI is InChI=1S/C13H19FN2/c1-10-8-11(4-5-12(10)14)16-7-6-15-13(2,3)9-16/h4-5,8,15H,6-7,9H2,1-3H3. The molecule has 1 aliphatic rings. The molecular formula is C13H19FN2. The number of piperazine rings is 1. The van der Waals surface area contributed by atoms with Gasteiger partial charge < -0.3 is 10.2 Å². The molecule has 1 heterocycles. The Kier molecular flexibility index (Phi) is 2.89. The van der Waals surface area contributed by atoms with Crippen LogP contribution in [0.15, 0.2) is 18.2 Å². The van der Waals surface area contributed by atoms with E-state index in [-0.39, 0.29) is 11.4 Å². The summed E-state index contributed by atoms with van der Waals surface area (Å²) in [5.74, 6) is -0.127. The lowest BCUT2D eigenvalue weighted by Gasteiger charge is -2.40. The summed E-state index contributed by atoms with van der Waals surface area (Å²) in [5, 5.41) is 3.47. The maximum atomic E-state index is 13.2. The Labute approximate surface area is 96.5 Å². The zero-order chi connectivity index (χ0) is 11.8. The minimum Gasteiger partial charge on any atom is -0.368 e. The van der Waals surface area contributed by atoms with Gasteiger partial charge in [0, 0.05) is 30.9 Å². The number of nitrogens with zero attached hydrogens (tertiary/aromatic N) is 1. The molecule has 1 aromatic carbocycles. The quantitative estimate of drug-likeness (QED) is 0.784. The number of rotatable bonds is 1. The van der Waals surface area contributed by atoms with Crippen molar-refractivity contribution in [2.24, 2.45) is 0 Å². The van der Waals surface area contributed by atoms with E-state index >= 15 is 0 Å². The fourth-order valence-electron chi connectivity index (χ4n) is 2.19. The molecule has 0 saturated carbocycles. The predicted octanol–water partition coefficient (Wildman–Crippen LogP) is 2.32. The third kappa shape index (κ3) is 2.35. The van der Waals surface area contributed by atoms with Crippen LogP contribution in [0.25, 0.3) is 0 Å². The second kappa shape index (κ2) is 4.06. The average Bonchev–Trinajstić information content (AvgIpc) is 2.20. The van der Waals surface area contributed by atoms with Gasteiger partial charge in [-0.15, -0.1) is 0 Å². The van der Waals surface area contributed by atoms with Gasteiger partial charge in [0.15, 0.2) is 0 Å². The third-order valence-electron chi connectivity index (χ3n) is 3.08. The number of nitrogens with one attached hydrogen (secondary N) is 1. The topological polar surface area (TPSA) is 15.3 Å². The molecule has 16 heavy (non-hydrogen) atoms. The van der Waals surface area contributed by atoms with Gasteiger partial charge in [-0.25, -0.2) is 4.39 Å². The van der Waals surface area contributed by atoms with Gasteiger partial charge in [0.05, 0.1) is 0 Å². The molecule has 1 saturated heterocycles. The van der Waals surface area contributed by atoms with E-state index in [0.717, 1.165) is 25.3 Å². The van der Waals surface area contributed by atoms with Gasteiger partial charge in [0.1, 0.15) is 5.82 Å². The first-order valence-corrected chi connectivity index (χ1v) is 5.74. The Balaban J connectivity index is 2.20. The van der Waals surface area contributed by atoms with E-state index in [4.69, 9.17) is 0 Å². The van der Waals surface area contributed by atoms with Gasteiger partial charge in [-0.3, -0.25) is 0 Å². The van der Waals surface area contributed by atoms with Crippen LogP contribution in [0.1, 0.15) is 19.4 Å². The molecular weight excluding hydrogens is 203 g/mol. The molecule has 1 aromatic rings. The minimum absolute atomic E-state index is 0.126. The maximum Gasteiger partial charge on any atom is 0.126 e. The van der Waals surface area contributed by atoms with Gasteiger partial charge >= 0.3 is 0 Å². The van der Waals surface area contributed by atoms with E-state index in [2.05, 4.69) is 24.1 Å². The first kappa shape index (κ1) is 11.4. The molecule has 1 N–H and O–H groups in total. The number of hydrogen-bond acceptors (Lipinski definition) is 2. The lowest BCUT2D eigenvalue weighted by atomic mass is 10.0. The third-order valence-corrected chi connectivity index (χ3v) is 3.08. The summed E-state index contributed by atoms with van der Waals surface area (Å²) in [6, 6.07) is 5.35. The molecule has 0 bridgehead atoms. The molecule has 0 radical (unpaired) electrons. The highest BCUT2D eigenvalue weighted by atomic mass is 19.1. The molecule has 0 unspecified atom stereocenters. The Hall–Kier alpha value is -1.09. The van der Waals surface area contributed by atoms with Crippen LogP contribution in [0.5, 0.6) is 0 Å². The smallest absolute Gasteiger partial charge is 0.126 e. The number of hydrogen-bond donors (Lipinski definition) is 1. The molecule has 88 valence electrons. The summed E-state index contributed by atoms with van der Waals surface area (Å²) in [7, 11) is 0. The van der Waals surface area contributed by atoms with Gasteiger partial charge in [-0.2, -0.15) is 0 Å². The molecule has 0 spiro atoms. The number of aryl methyl sites for hydroxylation is 1. The Morgan fingerprint density at radius 3 is 2.75 bits per heavy atom. The van der Waals surface area contributed by atoms with Crippen molar-refractivity contribution in [2.45, 2.75) is 26.3 Å². The molecule has 0 aromatic heterocycles. The van der Waals surface area contributed by atoms with E-state index < -0.39 is 0 Å². The van der Waals surface area contributed by atoms with Crippen LogP contribution in [-0.2, 0) is 0 Å². The largest absolute Gasteiger partial charge is 0.368 e. The van der Waals surface area contributed by atoms with Crippen LogP contribution in [0.2, 0.25) is 0 Å². The molecule has 3 heteroatoms. The van der Waals surface area contributed by atoms with E-state index in [1.54, 1.807) is 6.07 Å². The van der Waals surface area contributed by atoms with Crippen LogP contribution in [0, 0.1) is 12.7 Å². The van der Waals surface area contributed by atoms with Crippen molar-refractivity contribution in [3.63, 3.8) is 0 Å². The lowest BCUT2D eigenvalue weighted by Crippen LogP contribution is -2.57. The zero-order valence-electron chi connectivity index (χ0n) is 10.2. The second-order valence-electron chi connectivity index (χ2n) is 5.17. The fraction of sp³-hybridized carbons (Fsp3) is 0.538. The van der Waals surface area contributed by atoms with E-state index in [9.17, 15) is 4.39 Å². The second-order valence-corrected chi connectivity index (χ2v) is 5.17. The number of benzene rings is 1. The minimum atomic E-state index is -0.127. The van der Waals surface area contributed by atoms with E-state index in [0.29, 0.717) is 5.56 Å². The summed E-state index contributed by atoms with van der Waals surface area (Å²) in [5.41, 5.74) is 1.96. The van der Waals surface area contributed by atoms with E-state index in [1.807, 2.05) is 19.1 Å². The number of halogens is 1. The number of anilines is 1. The highest BCUT2D eigenvalue weighted by molar-refractivity contribution is 5.49. The van der Waals surface area contributed by atoms with Crippen LogP contribution in [0.4, 0.5) is 10.1 Å². The molecule has 0 amide bonds. The first-order valence-electron chi connectivity index (χ1n) is 5.74. The molecule has 1 aliphatic heterocycles. The SMILES string of the molecule is Cc1cc(N2CCNC(C)(C)C2)ccc1F. The highest BCUT2D eigenvalue weighted by Gasteiger charge is 2.25. The van der Waals surface area contributed by atoms with Crippen molar-refractivity contribution in [3.8, 4) is 0 Å². The van der Waals surface area contributed by atoms with Crippen molar-refractivity contribution in [2.75, 3.05) is 24.5 Å². The van der Waals surface area contributed by atoms with Crippen LogP contribution in [0.3, 0.4) is 0 Å². The summed E-state index contributed by atoms with van der Waals surface area (Å²) in [6.45, 7) is 9.10. The van der Waals surface area contributed by atoms with Crippen molar-refractivity contribution in [1.82, 2.24) is 5.32 Å². The fourth-order valence-corrected chi connectivity index (χ4v) is 2.19. The monoisotopic (exact) mass is 222 g/mol. The van der Waals surface area contributed by atoms with Crippen molar-refractivity contribution < 1.29 is 4.39 Å². The Bertz CT molecular complexity index is 388. The van der Waals surface area contributed by atoms with Crippen molar-refractivity contribution in [3.05, 3.63) is 29.6 Å². The average molecular weight is 222 g/mol. The molecule has 1 fully saturated rings. The first-order chi connectivity index (χ1) is 7.48. The summed E-state index contributed by atoms with van der Waals surface area (Å²) >= 11 is 0. The Morgan fingerprint density at radius 1 is 1.38 bits per heavy atom.